The molecule has 0 heterocycles. The highest BCUT2D eigenvalue weighted by molar-refractivity contribution is 5.32. The molecule has 0 amide bonds. The van der Waals surface area contributed by atoms with Crippen LogP contribution in [0.4, 0.5) is 0 Å². The Kier molecular flexibility index (Phi) is 3.40. The van der Waals surface area contributed by atoms with E-state index in [9.17, 15) is 0 Å². The molecule has 0 spiro atoms. The quantitative estimate of drug-likeness (QED) is 0.823. The van der Waals surface area contributed by atoms with Crippen molar-refractivity contribution in [3.05, 3.63) is 35.4 Å². The van der Waals surface area contributed by atoms with Crippen LogP contribution >= 0.6 is 0 Å². The molecule has 2 heteroatoms. The molecule has 1 saturated carbocycles. The number of likely N-dealkylation sites (N-methyl/N-ethyl adjacent to an activating group) is 2. The zero-order valence-electron chi connectivity index (χ0n) is 11.5. The van der Waals surface area contributed by atoms with Crippen molar-refractivity contribution in [3.63, 3.8) is 0 Å². The molecule has 0 radical (unpaired) electrons. The van der Waals surface area contributed by atoms with Crippen LogP contribution < -0.4 is 5.32 Å². The van der Waals surface area contributed by atoms with Crippen LogP contribution in [0.15, 0.2) is 24.3 Å². The number of nitrogens with one attached hydrogen (secondary N) is 1. The topological polar surface area (TPSA) is 15.3 Å². The van der Waals surface area contributed by atoms with Gasteiger partial charge in [-0.2, -0.15) is 0 Å². The fourth-order valence-electron chi connectivity index (χ4n) is 3.48. The van der Waals surface area contributed by atoms with Crippen LogP contribution in [0.3, 0.4) is 0 Å². The Morgan fingerprint density at radius 2 is 1.94 bits per heavy atom. The number of nitrogens with zero attached hydrogens (tertiary/aromatic N) is 1. The van der Waals surface area contributed by atoms with Crippen molar-refractivity contribution >= 4 is 0 Å². The van der Waals surface area contributed by atoms with E-state index in [1.54, 1.807) is 5.56 Å². The van der Waals surface area contributed by atoms with E-state index >= 15 is 0 Å². The lowest BCUT2D eigenvalue weighted by atomic mass is 9.95. The van der Waals surface area contributed by atoms with Crippen LogP contribution in [0.25, 0.3) is 0 Å². The average molecular weight is 244 g/mol. The minimum atomic E-state index is 0.495. The first-order valence-electron chi connectivity index (χ1n) is 7.28. The Labute approximate surface area is 110 Å². The van der Waals surface area contributed by atoms with Crippen LogP contribution in [0.2, 0.25) is 0 Å². The summed E-state index contributed by atoms with van der Waals surface area (Å²) < 4.78 is 0. The molecule has 1 aromatic carbocycles. The van der Waals surface area contributed by atoms with Crippen molar-refractivity contribution in [1.82, 2.24) is 10.2 Å². The van der Waals surface area contributed by atoms with Crippen molar-refractivity contribution in [3.8, 4) is 0 Å². The summed E-state index contributed by atoms with van der Waals surface area (Å²) in [5, 5.41) is 3.57. The van der Waals surface area contributed by atoms with Crippen LogP contribution in [0.1, 0.15) is 42.9 Å². The molecule has 0 aromatic heterocycles. The number of hydrogen-bond donors (Lipinski definition) is 1. The summed E-state index contributed by atoms with van der Waals surface area (Å²) in [7, 11) is 4.43. The molecule has 1 fully saturated rings. The Bertz CT molecular complexity index is 411. The summed E-state index contributed by atoms with van der Waals surface area (Å²) in [6.07, 6.45) is 6.66. The zero-order chi connectivity index (χ0) is 12.5. The van der Waals surface area contributed by atoms with Gasteiger partial charge in [0, 0.05) is 18.1 Å². The molecule has 0 aliphatic heterocycles. The average Bonchev–Trinajstić information content (AvgIpc) is 3.23. The Morgan fingerprint density at radius 1 is 1.17 bits per heavy atom. The summed E-state index contributed by atoms with van der Waals surface area (Å²) >= 11 is 0. The molecule has 0 bridgehead atoms. The van der Waals surface area contributed by atoms with Gasteiger partial charge in [0.05, 0.1) is 0 Å². The van der Waals surface area contributed by atoms with E-state index in [0.717, 1.165) is 6.04 Å². The van der Waals surface area contributed by atoms with E-state index in [1.165, 1.54) is 37.7 Å². The molecule has 2 aliphatic rings. The molecule has 18 heavy (non-hydrogen) atoms. The number of fused-ring (bicyclic) bond motifs is 1. The third-order valence-corrected chi connectivity index (χ3v) is 4.68. The number of aryl methyl sites for hydroxylation is 1. The Hall–Kier alpha value is -0.860. The zero-order valence-corrected chi connectivity index (χ0v) is 11.5. The molecule has 1 aromatic rings. The van der Waals surface area contributed by atoms with Crippen molar-refractivity contribution in [1.29, 1.82) is 0 Å². The standard InChI is InChI=1S/C16H24N2/c1-17-16-14-8-4-3-6-12(14)7-5-9-15(16)18(2)13-10-11-13/h3-4,6,8,13,15-17H,5,7,9-11H2,1-2H3. The highest BCUT2D eigenvalue weighted by Crippen LogP contribution is 2.36. The highest BCUT2D eigenvalue weighted by atomic mass is 15.2. The predicted molar refractivity (Wildman–Crippen MR) is 75.8 cm³/mol. The van der Waals surface area contributed by atoms with E-state index < -0.39 is 0 Å². The number of hydrogen-bond acceptors (Lipinski definition) is 2. The van der Waals surface area contributed by atoms with Crippen LogP contribution in [0.5, 0.6) is 0 Å². The largest absolute Gasteiger partial charge is 0.312 e. The molecule has 2 nitrogen and oxygen atoms in total. The van der Waals surface area contributed by atoms with Gasteiger partial charge >= 0.3 is 0 Å². The van der Waals surface area contributed by atoms with Gasteiger partial charge in [-0.1, -0.05) is 24.3 Å². The molecular formula is C16H24N2. The van der Waals surface area contributed by atoms with Gasteiger partial charge < -0.3 is 5.32 Å². The molecule has 2 aliphatic carbocycles. The van der Waals surface area contributed by atoms with Gasteiger partial charge in [-0.25, -0.2) is 0 Å². The fourth-order valence-corrected chi connectivity index (χ4v) is 3.48. The summed E-state index contributed by atoms with van der Waals surface area (Å²) in [6.45, 7) is 0. The minimum Gasteiger partial charge on any atom is -0.312 e. The van der Waals surface area contributed by atoms with Gasteiger partial charge in [0.15, 0.2) is 0 Å². The summed E-state index contributed by atoms with van der Waals surface area (Å²) in [5.41, 5.74) is 3.07. The van der Waals surface area contributed by atoms with E-state index in [1.807, 2.05) is 0 Å². The maximum atomic E-state index is 3.57. The highest BCUT2D eigenvalue weighted by Gasteiger charge is 2.36. The SMILES string of the molecule is CNC1c2ccccc2CCCC1N(C)C1CC1. The summed E-state index contributed by atoms with van der Waals surface area (Å²) in [4.78, 5) is 2.63. The second kappa shape index (κ2) is 5.02. The van der Waals surface area contributed by atoms with E-state index in [0.29, 0.717) is 12.1 Å². The van der Waals surface area contributed by atoms with E-state index in [-0.39, 0.29) is 0 Å². The third-order valence-electron chi connectivity index (χ3n) is 4.68. The lowest BCUT2D eigenvalue weighted by Gasteiger charge is -2.34. The van der Waals surface area contributed by atoms with Gasteiger partial charge in [0.25, 0.3) is 0 Å². The number of benzene rings is 1. The summed E-state index contributed by atoms with van der Waals surface area (Å²) in [5.74, 6) is 0. The van der Waals surface area contributed by atoms with Gasteiger partial charge in [0.1, 0.15) is 0 Å². The summed E-state index contributed by atoms with van der Waals surface area (Å²) in [6, 6.07) is 11.0. The lowest BCUT2D eigenvalue weighted by molar-refractivity contribution is 0.178. The predicted octanol–water partition coefficient (Wildman–Crippen LogP) is 2.75. The Morgan fingerprint density at radius 3 is 2.67 bits per heavy atom. The third kappa shape index (κ3) is 2.19. The normalized spacial score (nSPS) is 27.9. The Balaban J connectivity index is 1.91. The molecule has 2 atom stereocenters. The molecule has 1 N–H and O–H groups in total. The molecular weight excluding hydrogens is 220 g/mol. The van der Waals surface area contributed by atoms with Crippen molar-refractivity contribution < 1.29 is 0 Å². The maximum Gasteiger partial charge on any atom is 0.0478 e. The van der Waals surface area contributed by atoms with Crippen molar-refractivity contribution in [2.45, 2.75) is 50.2 Å². The molecule has 0 saturated heterocycles. The molecule has 3 rings (SSSR count). The minimum absolute atomic E-state index is 0.495. The first kappa shape index (κ1) is 12.2. The van der Waals surface area contributed by atoms with E-state index in [2.05, 4.69) is 48.6 Å². The van der Waals surface area contributed by atoms with E-state index in [4.69, 9.17) is 0 Å². The second-order valence-corrected chi connectivity index (χ2v) is 5.82. The van der Waals surface area contributed by atoms with Crippen LogP contribution in [0, 0.1) is 0 Å². The van der Waals surface area contributed by atoms with Gasteiger partial charge in [-0.3, -0.25) is 4.90 Å². The van der Waals surface area contributed by atoms with Crippen LogP contribution in [-0.2, 0) is 6.42 Å². The monoisotopic (exact) mass is 244 g/mol. The first-order valence-corrected chi connectivity index (χ1v) is 7.28. The number of rotatable bonds is 3. The fraction of sp³-hybridized carbons (Fsp3) is 0.625. The van der Waals surface area contributed by atoms with Gasteiger partial charge in [-0.05, 0) is 57.3 Å². The van der Waals surface area contributed by atoms with Gasteiger partial charge in [-0.15, -0.1) is 0 Å². The first-order chi connectivity index (χ1) is 8.81. The molecule has 2 unspecified atom stereocenters. The van der Waals surface area contributed by atoms with Gasteiger partial charge in [0.2, 0.25) is 0 Å². The van der Waals surface area contributed by atoms with Crippen molar-refractivity contribution in [2.75, 3.05) is 14.1 Å². The molecule has 98 valence electrons. The second-order valence-electron chi connectivity index (χ2n) is 5.82. The maximum absolute atomic E-state index is 3.57. The smallest absolute Gasteiger partial charge is 0.0478 e. The van der Waals surface area contributed by atoms with Crippen LogP contribution in [-0.4, -0.2) is 31.1 Å². The van der Waals surface area contributed by atoms with Crippen molar-refractivity contribution in [2.24, 2.45) is 0 Å². The lowest BCUT2D eigenvalue weighted by Crippen LogP contribution is -2.42.